The Bertz CT molecular complexity index is 177. The lowest BCUT2D eigenvalue weighted by molar-refractivity contribution is -0.135. The molecule has 68 valence electrons. The molecule has 2 aliphatic rings. The van der Waals surface area contributed by atoms with Gasteiger partial charge in [-0.1, -0.05) is 0 Å². The van der Waals surface area contributed by atoms with Crippen molar-refractivity contribution in [1.82, 2.24) is 10.6 Å². The number of piperidine rings is 2. The van der Waals surface area contributed by atoms with Gasteiger partial charge in [0.2, 0.25) is 5.91 Å². The van der Waals surface area contributed by atoms with Crippen LogP contribution in [0.2, 0.25) is 0 Å². The molecular formula is C9H16N2O. The second-order valence-electron chi connectivity index (χ2n) is 3.89. The summed E-state index contributed by atoms with van der Waals surface area (Å²) in [7, 11) is 0. The van der Waals surface area contributed by atoms with Crippen LogP contribution in [0.4, 0.5) is 0 Å². The van der Waals surface area contributed by atoms with Crippen molar-refractivity contribution in [2.75, 3.05) is 19.6 Å². The SMILES string of the molecule is O=C1NCCCC12CCNCC2. The molecular weight excluding hydrogens is 152 g/mol. The Morgan fingerprint density at radius 1 is 1.08 bits per heavy atom. The van der Waals surface area contributed by atoms with Gasteiger partial charge in [-0.2, -0.15) is 0 Å². The third kappa shape index (κ3) is 1.22. The third-order valence-corrected chi connectivity index (χ3v) is 3.16. The average Bonchev–Trinajstić information content (AvgIpc) is 2.12. The molecule has 0 aromatic carbocycles. The van der Waals surface area contributed by atoms with E-state index in [4.69, 9.17) is 0 Å². The Morgan fingerprint density at radius 3 is 2.50 bits per heavy atom. The second-order valence-corrected chi connectivity index (χ2v) is 3.89. The predicted molar refractivity (Wildman–Crippen MR) is 46.8 cm³/mol. The summed E-state index contributed by atoms with van der Waals surface area (Å²) < 4.78 is 0. The molecule has 0 aromatic heterocycles. The molecule has 1 amide bonds. The number of carbonyl (C=O) groups is 1. The van der Waals surface area contributed by atoms with Crippen molar-refractivity contribution in [2.24, 2.45) is 5.41 Å². The highest BCUT2D eigenvalue weighted by Gasteiger charge is 2.40. The minimum Gasteiger partial charge on any atom is -0.356 e. The molecule has 2 aliphatic heterocycles. The van der Waals surface area contributed by atoms with Crippen molar-refractivity contribution >= 4 is 5.91 Å². The van der Waals surface area contributed by atoms with E-state index in [9.17, 15) is 4.79 Å². The van der Waals surface area contributed by atoms with E-state index in [0.29, 0.717) is 5.91 Å². The van der Waals surface area contributed by atoms with E-state index in [2.05, 4.69) is 10.6 Å². The Balaban J connectivity index is 2.09. The van der Waals surface area contributed by atoms with Gasteiger partial charge in [-0.05, 0) is 38.8 Å². The van der Waals surface area contributed by atoms with Gasteiger partial charge in [0.1, 0.15) is 0 Å². The van der Waals surface area contributed by atoms with Crippen LogP contribution in [0, 0.1) is 5.41 Å². The molecule has 1 spiro atoms. The van der Waals surface area contributed by atoms with Gasteiger partial charge in [0, 0.05) is 6.54 Å². The smallest absolute Gasteiger partial charge is 0.226 e. The monoisotopic (exact) mass is 168 g/mol. The molecule has 3 nitrogen and oxygen atoms in total. The van der Waals surface area contributed by atoms with Gasteiger partial charge in [0.15, 0.2) is 0 Å². The standard InChI is InChI=1S/C9H16N2O/c12-8-9(2-1-5-11-8)3-6-10-7-4-9/h10H,1-7H2,(H,11,12). The maximum Gasteiger partial charge on any atom is 0.226 e. The van der Waals surface area contributed by atoms with Crippen LogP contribution in [0.1, 0.15) is 25.7 Å². The van der Waals surface area contributed by atoms with Crippen LogP contribution in [0.3, 0.4) is 0 Å². The van der Waals surface area contributed by atoms with Gasteiger partial charge < -0.3 is 10.6 Å². The van der Waals surface area contributed by atoms with E-state index in [-0.39, 0.29) is 5.41 Å². The fourth-order valence-electron chi connectivity index (χ4n) is 2.31. The highest BCUT2D eigenvalue weighted by Crippen LogP contribution is 2.35. The quantitative estimate of drug-likeness (QED) is 0.545. The number of hydrogen-bond acceptors (Lipinski definition) is 2. The van der Waals surface area contributed by atoms with E-state index in [1.54, 1.807) is 0 Å². The maximum atomic E-state index is 11.6. The molecule has 2 saturated heterocycles. The minimum atomic E-state index is 0.00347. The van der Waals surface area contributed by atoms with Crippen LogP contribution in [-0.2, 0) is 4.79 Å². The third-order valence-electron chi connectivity index (χ3n) is 3.16. The maximum absolute atomic E-state index is 11.6. The van der Waals surface area contributed by atoms with Gasteiger partial charge in [0.05, 0.1) is 5.41 Å². The van der Waals surface area contributed by atoms with Crippen LogP contribution in [0.5, 0.6) is 0 Å². The molecule has 0 radical (unpaired) electrons. The number of rotatable bonds is 0. The van der Waals surface area contributed by atoms with E-state index in [1.807, 2.05) is 0 Å². The largest absolute Gasteiger partial charge is 0.356 e. The van der Waals surface area contributed by atoms with Gasteiger partial charge in [-0.3, -0.25) is 4.79 Å². The predicted octanol–water partition coefficient (Wildman–Crippen LogP) is 0.266. The van der Waals surface area contributed by atoms with Crippen LogP contribution < -0.4 is 10.6 Å². The molecule has 3 heteroatoms. The highest BCUT2D eigenvalue weighted by atomic mass is 16.2. The fourth-order valence-corrected chi connectivity index (χ4v) is 2.31. The zero-order chi connectivity index (χ0) is 8.44. The molecule has 0 atom stereocenters. The van der Waals surface area contributed by atoms with Gasteiger partial charge in [0.25, 0.3) is 0 Å². The Morgan fingerprint density at radius 2 is 1.83 bits per heavy atom. The Kier molecular flexibility index (Phi) is 2.05. The second kappa shape index (κ2) is 3.05. The minimum absolute atomic E-state index is 0.00347. The summed E-state index contributed by atoms with van der Waals surface area (Å²) >= 11 is 0. The first kappa shape index (κ1) is 8.05. The number of amides is 1. The molecule has 12 heavy (non-hydrogen) atoms. The topological polar surface area (TPSA) is 41.1 Å². The summed E-state index contributed by atoms with van der Waals surface area (Å²) in [6, 6.07) is 0. The molecule has 2 heterocycles. The molecule has 2 rings (SSSR count). The van der Waals surface area contributed by atoms with E-state index in [1.165, 1.54) is 0 Å². The van der Waals surface area contributed by atoms with Crippen molar-refractivity contribution < 1.29 is 4.79 Å². The first-order valence-corrected chi connectivity index (χ1v) is 4.83. The van der Waals surface area contributed by atoms with Crippen molar-refractivity contribution in [2.45, 2.75) is 25.7 Å². The lowest BCUT2D eigenvalue weighted by atomic mass is 9.73. The summed E-state index contributed by atoms with van der Waals surface area (Å²) in [6.45, 7) is 2.90. The molecule has 0 bridgehead atoms. The Hall–Kier alpha value is -0.570. The van der Waals surface area contributed by atoms with Gasteiger partial charge >= 0.3 is 0 Å². The zero-order valence-electron chi connectivity index (χ0n) is 7.36. The number of carbonyl (C=O) groups excluding carboxylic acids is 1. The van der Waals surface area contributed by atoms with Gasteiger partial charge in [-0.25, -0.2) is 0 Å². The highest BCUT2D eigenvalue weighted by molar-refractivity contribution is 5.83. The van der Waals surface area contributed by atoms with Crippen LogP contribution >= 0.6 is 0 Å². The molecule has 0 saturated carbocycles. The Labute approximate surface area is 72.9 Å². The van der Waals surface area contributed by atoms with Crippen molar-refractivity contribution in [3.8, 4) is 0 Å². The summed E-state index contributed by atoms with van der Waals surface area (Å²) in [5.41, 5.74) is 0.00347. The zero-order valence-corrected chi connectivity index (χ0v) is 7.36. The molecule has 0 unspecified atom stereocenters. The van der Waals surface area contributed by atoms with Crippen LogP contribution in [0.25, 0.3) is 0 Å². The van der Waals surface area contributed by atoms with Crippen molar-refractivity contribution in [3.05, 3.63) is 0 Å². The average molecular weight is 168 g/mol. The summed E-state index contributed by atoms with van der Waals surface area (Å²) in [5.74, 6) is 0.301. The van der Waals surface area contributed by atoms with E-state index < -0.39 is 0 Å². The molecule has 2 N–H and O–H groups in total. The van der Waals surface area contributed by atoms with Crippen LogP contribution in [0.15, 0.2) is 0 Å². The first-order valence-electron chi connectivity index (χ1n) is 4.83. The normalized spacial score (nSPS) is 28.5. The number of hydrogen-bond donors (Lipinski definition) is 2. The fraction of sp³-hybridized carbons (Fsp3) is 0.889. The van der Waals surface area contributed by atoms with E-state index in [0.717, 1.165) is 45.3 Å². The van der Waals surface area contributed by atoms with Gasteiger partial charge in [-0.15, -0.1) is 0 Å². The lowest BCUT2D eigenvalue weighted by Gasteiger charge is -2.39. The molecule has 2 fully saturated rings. The van der Waals surface area contributed by atoms with Crippen LogP contribution in [-0.4, -0.2) is 25.5 Å². The summed E-state index contributed by atoms with van der Waals surface area (Å²) in [5, 5.41) is 6.27. The number of nitrogens with one attached hydrogen (secondary N) is 2. The first-order chi connectivity index (χ1) is 5.83. The van der Waals surface area contributed by atoms with Crippen molar-refractivity contribution in [3.63, 3.8) is 0 Å². The molecule has 0 aliphatic carbocycles. The van der Waals surface area contributed by atoms with E-state index >= 15 is 0 Å². The molecule has 0 aromatic rings. The summed E-state index contributed by atoms with van der Waals surface area (Å²) in [6.07, 6.45) is 4.31. The van der Waals surface area contributed by atoms with Crippen molar-refractivity contribution in [1.29, 1.82) is 0 Å². The lowest BCUT2D eigenvalue weighted by Crippen LogP contribution is -2.50. The summed E-state index contributed by atoms with van der Waals surface area (Å²) in [4.78, 5) is 11.6.